The molecule has 1 aromatic heterocycles. The first-order valence-electron chi connectivity index (χ1n) is 10.4. The zero-order valence-electron chi connectivity index (χ0n) is 17.5. The van der Waals surface area contributed by atoms with Gasteiger partial charge in [-0.2, -0.15) is 20.1 Å². The van der Waals surface area contributed by atoms with E-state index in [9.17, 15) is 5.11 Å². The van der Waals surface area contributed by atoms with Crippen molar-refractivity contribution in [2.75, 3.05) is 48.4 Å². The zero-order chi connectivity index (χ0) is 22.2. The molecule has 9 nitrogen and oxygen atoms in total. The van der Waals surface area contributed by atoms with Gasteiger partial charge in [0.2, 0.25) is 17.8 Å². The highest BCUT2D eigenvalue weighted by Gasteiger charge is 2.16. The van der Waals surface area contributed by atoms with Gasteiger partial charge in [-0.05, 0) is 41.8 Å². The third kappa shape index (κ3) is 6.29. The molecule has 0 aliphatic carbocycles. The van der Waals surface area contributed by atoms with E-state index in [-0.39, 0.29) is 5.75 Å². The number of piperazine rings is 1. The molecule has 0 saturated carbocycles. The van der Waals surface area contributed by atoms with Crippen molar-refractivity contribution in [2.45, 2.75) is 6.42 Å². The minimum absolute atomic E-state index is 0.259. The van der Waals surface area contributed by atoms with Crippen molar-refractivity contribution in [3.8, 4) is 5.75 Å². The SMILES string of the molecule is Oc1ccc(CCNc2nc(N/N=C/c3ccc(Cl)cc3)nc(N3CCNCC3)n2)cc1. The summed E-state index contributed by atoms with van der Waals surface area (Å²) in [6, 6.07) is 14.5. The minimum Gasteiger partial charge on any atom is -0.508 e. The largest absolute Gasteiger partial charge is 0.508 e. The summed E-state index contributed by atoms with van der Waals surface area (Å²) in [5, 5.41) is 21.0. The van der Waals surface area contributed by atoms with Crippen molar-refractivity contribution in [1.82, 2.24) is 20.3 Å². The highest BCUT2D eigenvalue weighted by Crippen LogP contribution is 2.15. The summed E-state index contributed by atoms with van der Waals surface area (Å²) in [4.78, 5) is 15.7. The van der Waals surface area contributed by atoms with Crippen molar-refractivity contribution < 1.29 is 5.11 Å². The number of aromatic hydroxyl groups is 1. The molecule has 0 radical (unpaired) electrons. The average Bonchev–Trinajstić information content (AvgIpc) is 2.82. The topological polar surface area (TPSA) is 111 Å². The van der Waals surface area contributed by atoms with Crippen molar-refractivity contribution in [3.05, 3.63) is 64.7 Å². The standard InChI is InChI=1S/C22H25ClN8O/c23-18-5-1-17(2-6-18)15-26-30-21-27-20(25-10-9-16-3-7-19(32)8-4-16)28-22(29-21)31-13-11-24-12-14-31/h1-8,15,24,32H,9-14H2,(H2,25,27,28,29,30)/b26-15+. The molecule has 1 aliphatic rings. The summed E-state index contributed by atoms with van der Waals surface area (Å²) in [6.07, 6.45) is 2.45. The fourth-order valence-electron chi connectivity index (χ4n) is 3.19. The van der Waals surface area contributed by atoms with Gasteiger partial charge in [0.05, 0.1) is 6.21 Å². The van der Waals surface area contributed by atoms with Gasteiger partial charge in [0, 0.05) is 37.7 Å². The lowest BCUT2D eigenvalue weighted by Crippen LogP contribution is -2.44. The summed E-state index contributed by atoms with van der Waals surface area (Å²) in [5.41, 5.74) is 4.92. The van der Waals surface area contributed by atoms with E-state index >= 15 is 0 Å². The first-order valence-corrected chi connectivity index (χ1v) is 10.8. The van der Waals surface area contributed by atoms with Gasteiger partial charge in [0.1, 0.15) is 5.75 Å². The Labute approximate surface area is 191 Å². The van der Waals surface area contributed by atoms with E-state index in [1.165, 1.54) is 0 Å². The van der Waals surface area contributed by atoms with Crippen molar-refractivity contribution in [2.24, 2.45) is 5.10 Å². The smallest absolute Gasteiger partial charge is 0.250 e. The van der Waals surface area contributed by atoms with Gasteiger partial charge < -0.3 is 20.6 Å². The van der Waals surface area contributed by atoms with E-state index in [4.69, 9.17) is 11.6 Å². The van der Waals surface area contributed by atoms with Gasteiger partial charge in [-0.25, -0.2) is 5.43 Å². The van der Waals surface area contributed by atoms with Crippen LogP contribution in [0.1, 0.15) is 11.1 Å². The van der Waals surface area contributed by atoms with Crippen LogP contribution in [0.3, 0.4) is 0 Å². The van der Waals surface area contributed by atoms with E-state index in [2.05, 4.69) is 41.0 Å². The molecule has 32 heavy (non-hydrogen) atoms. The number of nitrogens with zero attached hydrogens (tertiary/aromatic N) is 5. The number of aromatic nitrogens is 3. The van der Waals surface area contributed by atoms with Crippen LogP contribution in [0.15, 0.2) is 53.6 Å². The number of nitrogens with one attached hydrogen (secondary N) is 3. The molecule has 0 amide bonds. The monoisotopic (exact) mass is 452 g/mol. The number of hydrogen-bond acceptors (Lipinski definition) is 9. The Balaban J connectivity index is 1.45. The lowest BCUT2D eigenvalue weighted by molar-refractivity contribution is 0.475. The Bertz CT molecular complexity index is 1040. The van der Waals surface area contributed by atoms with E-state index in [0.29, 0.717) is 29.4 Å². The molecule has 1 fully saturated rings. The average molecular weight is 453 g/mol. The van der Waals surface area contributed by atoms with Crippen LogP contribution < -0.4 is 21.0 Å². The number of hydrazone groups is 1. The second kappa shape index (κ2) is 10.7. The lowest BCUT2D eigenvalue weighted by atomic mass is 10.1. The second-order valence-corrected chi connectivity index (χ2v) is 7.72. The number of phenols is 1. The molecule has 10 heteroatoms. The molecule has 3 aromatic rings. The Morgan fingerprint density at radius 3 is 2.47 bits per heavy atom. The van der Waals surface area contributed by atoms with Crippen LogP contribution in [0.4, 0.5) is 17.8 Å². The van der Waals surface area contributed by atoms with Crippen LogP contribution >= 0.6 is 11.6 Å². The number of hydrogen-bond donors (Lipinski definition) is 4. The van der Waals surface area contributed by atoms with Crippen LogP contribution in [0.2, 0.25) is 5.02 Å². The van der Waals surface area contributed by atoms with Crippen LogP contribution in [0.25, 0.3) is 0 Å². The maximum absolute atomic E-state index is 9.42. The van der Waals surface area contributed by atoms with Gasteiger partial charge in [-0.3, -0.25) is 0 Å². The van der Waals surface area contributed by atoms with Crippen LogP contribution in [-0.4, -0.2) is 59.0 Å². The highest BCUT2D eigenvalue weighted by molar-refractivity contribution is 6.30. The Morgan fingerprint density at radius 2 is 1.72 bits per heavy atom. The summed E-state index contributed by atoms with van der Waals surface area (Å²) < 4.78 is 0. The molecule has 4 N–H and O–H groups in total. The fourth-order valence-corrected chi connectivity index (χ4v) is 3.32. The number of anilines is 3. The van der Waals surface area contributed by atoms with E-state index < -0.39 is 0 Å². The molecule has 2 heterocycles. The van der Waals surface area contributed by atoms with Gasteiger partial charge in [-0.15, -0.1) is 0 Å². The summed E-state index contributed by atoms with van der Waals surface area (Å²) in [5.74, 6) is 1.72. The maximum atomic E-state index is 9.42. The van der Waals surface area contributed by atoms with E-state index in [0.717, 1.165) is 43.7 Å². The number of benzene rings is 2. The van der Waals surface area contributed by atoms with Crippen LogP contribution in [0.5, 0.6) is 5.75 Å². The lowest BCUT2D eigenvalue weighted by Gasteiger charge is -2.27. The predicted molar refractivity (Wildman–Crippen MR) is 128 cm³/mol. The second-order valence-electron chi connectivity index (χ2n) is 7.28. The van der Waals surface area contributed by atoms with Crippen molar-refractivity contribution >= 4 is 35.7 Å². The Hall–Kier alpha value is -3.43. The van der Waals surface area contributed by atoms with E-state index in [1.54, 1.807) is 18.3 Å². The predicted octanol–water partition coefficient (Wildman–Crippen LogP) is 2.74. The number of rotatable bonds is 8. The molecule has 1 aliphatic heterocycles. The zero-order valence-corrected chi connectivity index (χ0v) is 18.3. The molecule has 166 valence electrons. The van der Waals surface area contributed by atoms with Crippen molar-refractivity contribution in [3.63, 3.8) is 0 Å². The van der Waals surface area contributed by atoms with Crippen LogP contribution in [0, 0.1) is 0 Å². The molecular formula is C22H25ClN8O. The van der Waals surface area contributed by atoms with Gasteiger partial charge >= 0.3 is 0 Å². The molecule has 4 rings (SSSR count). The molecule has 1 saturated heterocycles. The summed E-state index contributed by atoms with van der Waals surface area (Å²) in [6.45, 7) is 4.05. The Morgan fingerprint density at radius 1 is 1.00 bits per heavy atom. The number of phenolic OH excluding ortho intramolecular Hbond substituents is 1. The number of halogens is 1. The summed E-state index contributed by atoms with van der Waals surface area (Å²) >= 11 is 5.92. The van der Waals surface area contributed by atoms with E-state index in [1.807, 2.05) is 36.4 Å². The highest BCUT2D eigenvalue weighted by atomic mass is 35.5. The van der Waals surface area contributed by atoms with Gasteiger partial charge in [0.25, 0.3) is 0 Å². The minimum atomic E-state index is 0.259. The molecule has 0 unspecified atom stereocenters. The molecule has 0 atom stereocenters. The first-order chi connectivity index (χ1) is 15.7. The molecule has 0 spiro atoms. The third-order valence-corrected chi connectivity index (χ3v) is 5.16. The van der Waals surface area contributed by atoms with Gasteiger partial charge in [-0.1, -0.05) is 35.9 Å². The van der Waals surface area contributed by atoms with Crippen LogP contribution in [-0.2, 0) is 6.42 Å². The molecule has 0 bridgehead atoms. The Kier molecular flexibility index (Phi) is 7.31. The first kappa shape index (κ1) is 21.8. The quantitative estimate of drug-likeness (QED) is 0.305. The summed E-state index contributed by atoms with van der Waals surface area (Å²) in [7, 11) is 0. The third-order valence-electron chi connectivity index (χ3n) is 4.90. The van der Waals surface area contributed by atoms with Crippen molar-refractivity contribution in [1.29, 1.82) is 0 Å². The molecular weight excluding hydrogens is 428 g/mol. The molecule has 2 aromatic carbocycles. The fraction of sp³-hybridized carbons (Fsp3) is 0.273. The maximum Gasteiger partial charge on any atom is 0.250 e. The normalized spacial score (nSPS) is 14.0. The van der Waals surface area contributed by atoms with Gasteiger partial charge in [0.15, 0.2) is 0 Å².